The van der Waals surface area contributed by atoms with E-state index < -0.39 is 6.10 Å². The third kappa shape index (κ3) is 2.06. The zero-order valence-corrected chi connectivity index (χ0v) is 14.0. The Labute approximate surface area is 137 Å². The van der Waals surface area contributed by atoms with Gasteiger partial charge in [0.15, 0.2) is 10.2 Å². The lowest BCUT2D eigenvalue weighted by molar-refractivity contribution is 0.240. The van der Waals surface area contributed by atoms with Crippen LogP contribution in [0.1, 0.15) is 12.5 Å². The first-order chi connectivity index (χ1) is 10.7. The summed E-state index contributed by atoms with van der Waals surface area (Å²) in [4.78, 5) is 7.75. The van der Waals surface area contributed by atoms with Crippen molar-refractivity contribution in [3.05, 3.63) is 34.7 Å². The Morgan fingerprint density at radius 1 is 1.41 bits per heavy atom. The highest BCUT2D eigenvalue weighted by molar-refractivity contribution is 8.17. The summed E-state index contributed by atoms with van der Waals surface area (Å²) < 4.78 is 6.58. The molecule has 6 heteroatoms. The van der Waals surface area contributed by atoms with Crippen LogP contribution in [0.2, 0.25) is 0 Å². The van der Waals surface area contributed by atoms with Gasteiger partial charge in [-0.1, -0.05) is 41.3 Å². The van der Waals surface area contributed by atoms with Crippen molar-refractivity contribution < 1.29 is 9.84 Å². The van der Waals surface area contributed by atoms with Crippen molar-refractivity contribution in [2.24, 2.45) is 4.99 Å². The fourth-order valence-electron chi connectivity index (χ4n) is 2.89. The second-order valence-corrected chi connectivity index (χ2v) is 7.32. The second-order valence-electron chi connectivity index (χ2n) is 5.30. The fourth-order valence-corrected chi connectivity index (χ4v) is 5.01. The fraction of sp³-hybridized carbons (Fsp3) is 0.312. The number of methoxy groups -OCH3 is 1. The number of aliphatic hydroxyl groups excluding tert-OH is 1. The molecule has 0 spiro atoms. The molecule has 3 heterocycles. The minimum atomic E-state index is -0.495. The number of nitrogens with zero attached hydrogens (tertiary/aromatic N) is 2. The van der Waals surface area contributed by atoms with Crippen LogP contribution in [0.25, 0.3) is 15.8 Å². The molecule has 0 saturated heterocycles. The number of aliphatic hydroxyl groups is 1. The number of rotatable bonds is 3. The van der Waals surface area contributed by atoms with Gasteiger partial charge in [-0.2, -0.15) is 0 Å². The first kappa shape index (κ1) is 14.1. The molecule has 1 N–H and O–H groups in total. The average Bonchev–Trinajstić information content (AvgIpc) is 3.19. The van der Waals surface area contributed by atoms with Crippen molar-refractivity contribution in [1.82, 2.24) is 4.90 Å². The van der Waals surface area contributed by atoms with Gasteiger partial charge in [0, 0.05) is 21.7 Å². The zero-order chi connectivity index (χ0) is 15.3. The molecule has 0 saturated carbocycles. The van der Waals surface area contributed by atoms with Gasteiger partial charge in [-0.3, -0.25) is 4.99 Å². The minimum Gasteiger partial charge on any atom is -0.487 e. The van der Waals surface area contributed by atoms with Crippen LogP contribution in [0.4, 0.5) is 0 Å². The van der Waals surface area contributed by atoms with Crippen LogP contribution in [0, 0.1) is 0 Å². The molecule has 1 aromatic carbocycles. The number of aliphatic imine (C=N–C) groups is 1. The molecule has 1 unspecified atom stereocenters. The lowest BCUT2D eigenvalue weighted by Crippen LogP contribution is -2.20. The first-order valence-corrected chi connectivity index (χ1v) is 8.81. The lowest BCUT2D eigenvalue weighted by atomic mass is 10.1. The van der Waals surface area contributed by atoms with E-state index in [1.807, 2.05) is 6.92 Å². The molecular weight excluding hydrogens is 316 g/mol. The van der Waals surface area contributed by atoms with Crippen LogP contribution in [0.15, 0.2) is 34.2 Å². The number of ether oxygens (including phenoxy) is 1. The van der Waals surface area contributed by atoms with E-state index in [1.54, 1.807) is 30.2 Å². The number of thiophene rings is 1. The predicted octanol–water partition coefficient (Wildman–Crippen LogP) is 3.38. The topological polar surface area (TPSA) is 45.1 Å². The standard InChI is InChI=1S/C16H16N2O2S2/c1-9(19)14-13(18-7-6-17-16(18)22-14)11-5-3-4-10-8-12(20-2)21-15(10)11/h3-5,8-9,19H,6-7H2,1-2H3. The van der Waals surface area contributed by atoms with E-state index in [1.165, 1.54) is 10.1 Å². The molecule has 4 rings (SSSR count). The lowest BCUT2D eigenvalue weighted by Gasteiger charge is -2.18. The van der Waals surface area contributed by atoms with Crippen molar-refractivity contribution >= 4 is 44.0 Å². The Hall–Kier alpha value is -1.50. The van der Waals surface area contributed by atoms with E-state index in [-0.39, 0.29) is 0 Å². The summed E-state index contributed by atoms with van der Waals surface area (Å²) in [6, 6.07) is 8.35. The molecule has 22 heavy (non-hydrogen) atoms. The number of hydrogen-bond donors (Lipinski definition) is 1. The molecule has 114 valence electrons. The van der Waals surface area contributed by atoms with Gasteiger partial charge in [-0.15, -0.1) is 0 Å². The molecule has 2 aliphatic rings. The van der Waals surface area contributed by atoms with Crippen molar-refractivity contribution in [3.8, 4) is 5.06 Å². The van der Waals surface area contributed by atoms with Crippen LogP contribution in [-0.4, -0.2) is 41.5 Å². The number of fused-ring (bicyclic) bond motifs is 2. The van der Waals surface area contributed by atoms with Gasteiger partial charge < -0.3 is 14.7 Å². The van der Waals surface area contributed by atoms with E-state index in [4.69, 9.17) is 4.74 Å². The summed E-state index contributed by atoms with van der Waals surface area (Å²) in [5, 5.41) is 13.3. The molecule has 2 aliphatic heterocycles. The Morgan fingerprint density at radius 3 is 3.05 bits per heavy atom. The van der Waals surface area contributed by atoms with Crippen LogP contribution in [0.5, 0.6) is 5.06 Å². The van der Waals surface area contributed by atoms with Gasteiger partial charge in [0.2, 0.25) is 0 Å². The summed E-state index contributed by atoms with van der Waals surface area (Å²) >= 11 is 3.24. The molecule has 1 atom stereocenters. The van der Waals surface area contributed by atoms with Crippen molar-refractivity contribution in [2.45, 2.75) is 13.0 Å². The van der Waals surface area contributed by atoms with E-state index in [0.29, 0.717) is 0 Å². The molecule has 0 amide bonds. The summed E-state index contributed by atoms with van der Waals surface area (Å²) in [7, 11) is 1.70. The molecule has 4 nitrogen and oxygen atoms in total. The zero-order valence-electron chi connectivity index (χ0n) is 12.4. The van der Waals surface area contributed by atoms with E-state index in [0.717, 1.165) is 39.5 Å². The van der Waals surface area contributed by atoms with Crippen molar-refractivity contribution in [1.29, 1.82) is 0 Å². The predicted molar refractivity (Wildman–Crippen MR) is 93.6 cm³/mol. The molecule has 0 bridgehead atoms. The summed E-state index contributed by atoms with van der Waals surface area (Å²) in [6.07, 6.45) is -0.495. The highest BCUT2D eigenvalue weighted by Gasteiger charge is 2.35. The van der Waals surface area contributed by atoms with Gasteiger partial charge in [-0.05, 0) is 18.4 Å². The van der Waals surface area contributed by atoms with Gasteiger partial charge in [0.25, 0.3) is 0 Å². The summed E-state index contributed by atoms with van der Waals surface area (Å²) in [5.41, 5.74) is 2.26. The minimum absolute atomic E-state index is 0.495. The van der Waals surface area contributed by atoms with Gasteiger partial charge >= 0.3 is 0 Å². The maximum absolute atomic E-state index is 10.2. The maximum Gasteiger partial charge on any atom is 0.174 e. The third-order valence-electron chi connectivity index (χ3n) is 3.86. The highest BCUT2D eigenvalue weighted by Crippen LogP contribution is 2.46. The molecule has 0 aliphatic carbocycles. The number of hydrogen-bond acceptors (Lipinski definition) is 6. The van der Waals surface area contributed by atoms with Crippen molar-refractivity contribution in [3.63, 3.8) is 0 Å². The summed E-state index contributed by atoms with van der Waals surface area (Å²) in [6.45, 7) is 3.52. The Balaban J connectivity index is 1.94. The Morgan fingerprint density at radius 2 is 2.27 bits per heavy atom. The molecular formula is C16H16N2O2S2. The van der Waals surface area contributed by atoms with Gasteiger partial charge in [0.1, 0.15) is 0 Å². The number of thioether (sulfide) groups is 1. The quantitative estimate of drug-likeness (QED) is 0.936. The normalized spacial score (nSPS) is 18.9. The molecule has 1 aromatic heterocycles. The van der Waals surface area contributed by atoms with E-state index in [9.17, 15) is 5.11 Å². The summed E-state index contributed by atoms with van der Waals surface area (Å²) in [5.74, 6) is 0. The van der Waals surface area contributed by atoms with Crippen molar-refractivity contribution in [2.75, 3.05) is 20.2 Å². The average molecular weight is 332 g/mol. The SMILES string of the molecule is COc1cc2cccc(C3=C(C(C)O)SC4=NCCN43)c2s1. The Kier molecular flexibility index (Phi) is 3.40. The van der Waals surface area contributed by atoms with Crippen LogP contribution in [-0.2, 0) is 0 Å². The molecule has 2 aromatic rings. The van der Waals surface area contributed by atoms with Crippen LogP contribution < -0.4 is 4.74 Å². The smallest absolute Gasteiger partial charge is 0.174 e. The van der Waals surface area contributed by atoms with Crippen LogP contribution >= 0.6 is 23.1 Å². The monoisotopic (exact) mass is 332 g/mol. The second kappa shape index (κ2) is 5.30. The van der Waals surface area contributed by atoms with E-state index >= 15 is 0 Å². The maximum atomic E-state index is 10.2. The molecule has 0 fully saturated rings. The van der Waals surface area contributed by atoms with Crippen LogP contribution in [0.3, 0.4) is 0 Å². The number of amidine groups is 1. The highest BCUT2D eigenvalue weighted by atomic mass is 32.2. The number of benzene rings is 1. The Bertz CT molecular complexity index is 808. The third-order valence-corrected chi connectivity index (χ3v) is 6.30. The van der Waals surface area contributed by atoms with Gasteiger partial charge in [0.05, 0.1) is 25.5 Å². The largest absolute Gasteiger partial charge is 0.487 e. The van der Waals surface area contributed by atoms with E-state index in [2.05, 4.69) is 34.2 Å². The molecule has 0 radical (unpaired) electrons. The van der Waals surface area contributed by atoms with Gasteiger partial charge in [-0.25, -0.2) is 0 Å². The first-order valence-electron chi connectivity index (χ1n) is 7.18.